The number of hydrogen-bond donors (Lipinski definition) is 0. The number of hydrogen-bond acceptors (Lipinski definition) is 1. The summed E-state index contributed by atoms with van der Waals surface area (Å²) in [6, 6.07) is 17.7. The van der Waals surface area contributed by atoms with E-state index in [1.54, 1.807) is 0 Å². The Labute approximate surface area is 143 Å². The molecule has 0 amide bonds. The smallest absolute Gasteiger partial charge is 0.0780 e. The zero-order valence-electron chi connectivity index (χ0n) is 14.6. The molecule has 4 rings (SSSR count). The third-order valence-electron chi connectivity index (χ3n) is 5.26. The van der Waals surface area contributed by atoms with Crippen LogP contribution in [0.4, 0.5) is 0 Å². The summed E-state index contributed by atoms with van der Waals surface area (Å²) in [7, 11) is 0. The van der Waals surface area contributed by atoms with E-state index in [1.165, 1.54) is 49.4 Å². The van der Waals surface area contributed by atoms with Crippen LogP contribution in [0.25, 0.3) is 32.8 Å². The fourth-order valence-corrected chi connectivity index (χ4v) is 3.45. The SMILES string of the molecule is Cc1ccc(-c2nccc3c2ccc2c(C)c(C)ccc23)cc1C. The quantitative estimate of drug-likeness (QED) is 0.376. The molecule has 0 saturated heterocycles. The molecule has 0 aliphatic carbocycles. The molecule has 0 atom stereocenters. The van der Waals surface area contributed by atoms with Gasteiger partial charge in [-0.1, -0.05) is 36.4 Å². The Morgan fingerprint density at radius 3 is 2.04 bits per heavy atom. The summed E-state index contributed by atoms with van der Waals surface area (Å²) >= 11 is 0. The van der Waals surface area contributed by atoms with Gasteiger partial charge in [0.2, 0.25) is 0 Å². The first-order valence-electron chi connectivity index (χ1n) is 8.41. The molecule has 0 N–H and O–H groups in total. The lowest BCUT2D eigenvalue weighted by Gasteiger charge is -2.12. The van der Waals surface area contributed by atoms with Gasteiger partial charge in [0, 0.05) is 17.1 Å². The molecule has 0 fully saturated rings. The van der Waals surface area contributed by atoms with Crippen molar-refractivity contribution in [1.82, 2.24) is 4.98 Å². The summed E-state index contributed by atoms with van der Waals surface area (Å²) in [4.78, 5) is 4.69. The van der Waals surface area contributed by atoms with Gasteiger partial charge in [0.05, 0.1) is 5.69 Å². The molecular weight excluding hydrogens is 290 g/mol. The summed E-state index contributed by atoms with van der Waals surface area (Å²) in [5, 5.41) is 5.14. The van der Waals surface area contributed by atoms with Crippen LogP contribution < -0.4 is 0 Å². The van der Waals surface area contributed by atoms with Crippen LogP contribution in [-0.2, 0) is 0 Å². The van der Waals surface area contributed by atoms with Gasteiger partial charge in [-0.2, -0.15) is 0 Å². The van der Waals surface area contributed by atoms with E-state index in [-0.39, 0.29) is 0 Å². The Kier molecular flexibility index (Phi) is 3.38. The van der Waals surface area contributed by atoms with Gasteiger partial charge >= 0.3 is 0 Å². The van der Waals surface area contributed by atoms with Gasteiger partial charge < -0.3 is 0 Å². The van der Waals surface area contributed by atoms with Crippen molar-refractivity contribution in [3.63, 3.8) is 0 Å². The van der Waals surface area contributed by atoms with E-state index in [4.69, 9.17) is 4.98 Å². The highest BCUT2D eigenvalue weighted by molar-refractivity contribution is 6.12. The van der Waals surface area contributed by atoms with Crippen LogP contribution in [0.5, 0.6) is 0 Å². The average Bonchev–Trinajstić information content (AvgIpc) is 2.59. The lowest BCUT2D eigenvalue weighted by molar-refractivity contribution is 1.31. The van der Waals surface area contributed by atoms with Crippen molar-refractivity contribution in [2.24, 2.45) is 0 Å². The van der Waals surface area contributed by atoms with Crippen LogP contribution >= 0.6 is 0 Å². The molecule has 0 spiro atoms. The second-order valence-electron chi connectivity index (χ2n) is 6.72. The number of aromatic nitrogens is 1. The Bertz CT molecular complexity index is 1090. The van der Waals surface area contributed by atoms with E-state index in [1.807, 2.05) is 6.20 Å². The number of fused-ring (bicyclic) bond motifs is 3. The van der Waals surface area contributed by atoms with Crippen molar-refractivity contribution >= 4 is 21.5 Å². The summed E-state index contributed by atoms with van der Waals surface area (Å²) in [5.41, 5.74) is 7.57. The van der Waals surface area contributed by atoms with Crippen LogP contribution in [0.1, 0.15) is 22.3 Å². The number of benzene rings is 3. The van der Waals surface area contributed by atoms with Gasteiger partial charge in [-0.05, 0) is 78.2 Å². The van der Waals surface area contributed by atoms with Crippen molar-refractivity contribution in [3.05, 3.63) is 77.0 Å². The molecule has 1 nitrogen and oxygen atoms in total. The molecule has 4 aromatic rings. The Morgan fingerprint density at radius 2 is 1.25 bits per heavy atom. The molecule has 24 heavy (non-hydrogen) atoms. The lowest BCUT2D eigenvalue weighted by Crippen LogP contribution is -1.90. The highest BCUT2D eigenvalue weighted by atomic mass is 14.7. The maximum Gasteiger partial charge on any atom is 0.0780 e. The number of rotatable bonds is 1. The Morgan fingerprint density at radius 1 is 0.583 bits per heavy atom. The van der Waals surface area contributed by atoms with Crippen molar-refractivity contribution in [3.8, 4) is 11.3 Å². The zero-order valence-corrected chi connectivity index (χ0v) is 14.6. The summed E-state index contributed by atoms with van der Waals surface area (Å²) in [6.45, 7) is 8.68. The largest absolute Gasteiger partial charge is 0.256 e. The highest BCUT2D eigenvalue weighted by Crippen LogP contribution is 2.34. The van der Waals surface area contributed by atoms with E-state index in [2.05, 4.69) is 76.2 Å². The van der Waals surface area contributed by atoms with E-state index in [9.17, 15) is 0 Å². The van der Waals surface area contributed by atoms with Crippen molar-refractivity contribution in [1.29, 1.82) is 0 Å². The van der Waals surface area contributed by atoms with E-state index in [0.717, 1.165) is 5.69 Å². The third-order valence-corrected chi connectivity index (χ3v) is 5.26. The molecule has 0 bridgehead atoms. The average molecular weight is 311 g/mol. The molecule has 0 radical (unpaired) electrons. The van der Waals surface area contributed by atoms with Crippen LogP contribution in [0.15, 0.2) is 54.7 Å². The minimum Gasteiger partial charge on any atom is -0.256 e. The van der Waals surface area contributed by atoms with Crippen molar-refractivity contribution < 1.29 is 0 Å². The highest BCUT2D eigenvalue weighted by Gasteiger charge is 2.10. The van der Waals surface area contributed by atoms with Crippen LogP contribution in [0.2, 0.25) is 0 Å². The predicted molar refractivity (Wildman–Crippen MR) is 104 cm³/mol. The van der Waals surface area contributed by atoms with Crippen molar-refractivity contribution in [2.45, 2.75) is 27.7 Å². The number of aryl methyl sites for hydroxylation is 4. The second-order valence-corrected chi connectivity index (χ2v) is 6.72. The first-order valence-corrected chi connectivity index (χ1v) is 8.41. The molecule has 0 aliphatic heterocycles. The molecule has 3 aromatic carbocycles. The molecule has 1 heteroatoms. The first-order chi connectivity index (χ1) is 11.6. The number of pyridine rings is 1. The fraction of sp³-hybridized carbons (Fsp3) is 0.174. The normalized spacial score (nSPS) is 11.3. The van der Waals surface area contributed by atoms with Crippen LogP contribution in [0.3, 0.4) is 0 Å². The van der Waals surface area contributed by atoms with E-state index >= 15 is 0 Å². The molecular formula is C23H21N. The third kappa shape index (κ3) is 2.20. The van der Waals surface area contributed by atoms with E-state index in [0.29, 0.717) is 0 Å². The van der Waals surface area contributed by atoms with Gasteiger partial charge in [-0.25, -0.2) is 0 Å². The molecule has 0 saturated carbocycles. The van der Waals surface area contributed by atoms with E-state index < -0.39 is 0 Å². The molecule has 1 heterocycles. The minimum atomic E-state index is 1.07. The van der Waals surface area contributed by atoms with Crippen LogP contribution in [-0.4, -0.2) is 4.98 Å². The van der Waals surface area contributed by atoms with Gasteiger partial charge in [-0.3, -0.25) is 4.98 Å². The monoisotopic (exact) mass is 311 g/mol. The summed E-state index contributed by atoms with van der Waals surface area (Å²) in [5.74, 6) is 0. The lowest BCUT2D eigenvalue weighted by atomic mass is 9.94. The van der Waals surface area contributed by atoms with Gasteiger partial charge in [0.25, 0.3) is 0 Å². The van der Waals surface area contributed by atoms with Crippen molar-refractivity contribution in [2.75, 3.05) is 0 Å². The Hall–Kier alpha value is -2.67. The zero-order chi connectivity index (χ0) is 16.8. The minimum absolute atomic E-state index is 1.07. The fourth-order valence-electron chi connectivity index (χ4n) is 3.45. The number of nitrogens with zero attached hydrogens (tertiary/aromatic N) is 1. The maximum atomic E-state index is 4.69. The molecule has 1 aromatic heterocycles. The van der Waals surface area contributed by atoms with Gasteiger partial charge in [0.15, 0.2) is 0 Å². The summed E-state index contributed by atoms with van der Waals surface area (Å²) < 4.78 is 0. The topological polar surface area (TPSA) is 12.9 Å². The standard InChI is InChI=1S/C23H21N/c1-14-5-7-18(13-16(14)3)23-22-10-9-19-17(4)15(2)6-8-20(19)21(22)11-12-24-23/h5-13H,1-4H3. The first kappa shape index (κ1) is 14.9. The summed E-state index contributed by atoms with van der Waals surface area (Å²) in [6.07, 6.45) is 1.93. The molecule has 0 aliphatic rings. The molecule has 0 unspecified atom stereocenters. The Balaban J connectivity index is 2.06. The van der Waals surface area contributed by atoms with Gasteiger partial charge in [0.1, 0.15) is 0 Å². The molecule has 118 valence electrons. The predicted octanol–water partition coefficient (Wildman–Crippen LogP) is 6.29. The van der Waals surface area contributed by atoms with Crippen LogP contribution in [0, 0.1) is 27.7 Å². The maximum absolute atomic E-state index is 4.69. The van der Waals surface area contributed by atoms with Gasteiger partial charge in [-0.15, -0.1) is 0 Å². The second kappa shape index (κ2) is 5.45.